The van der Waals surface area contributed by atoms with Gasteiger partial charge in [0.2, 0.25) is 0 Å². The van der Waals surface area contributed by atoms with E-state index in [1.165, 1.54) is 25.4 Å². The molecule has 3 aromatic rings. The molecule has 0 N–H and O–H groups in total. The molecule has 3 rings (SSSR count). The molecule has 0 fully saturated rings. The summed E-state index contributed by atoms with van der Waals surface area (Å²) in [6, 6.07) is 12.9. The third-order valence-electron chi connectivity index (χ3n) is 2.70. The number of aryl methyl sites for hydroxylation is 1. The van der Waals surface area contributed by atoms with Gasteiger partial charge >= 0.3 is 0 Å². The Hall–Kier alpha value is -1.38. The molecule has 0 saturated carbocycles. The fraction of sp³-hybridized carbons (Fsp3) is 0.0667. The Morgan fingerprint density at radius 3 is 2.71 bits per heavy atom. The fourth-order valence-electron chi connectivity index (χ4n) is 1.84. The zero-order chi connectivity index (χ0) is 11.7. The number of thiophene rings is 2. The first-order chi connectivity index (χ1) is 8.33. The maximum absolute atomic E-state index is 2.22. The minimum atomic E-state index is 1.32. The Labute approximate surface area is 109 Å². The highest BCUT2D eigenvalue weighted by molar-refractivity contribution is 7.17. The Balaban J connectivity index is 1.97. The average molecular weight is 256 g/mol. The molecule has 0 spiro atoms. The number of benzene rings is 1. The quantitative estimate of drug-likeness (QED) is 0.572. The van der Waals surface area contributed by atoms with Crippen LogP contribution in [-0.2, 0) is 0 Å². The van der Waals surface area contributed by atoms with Crippen molar-refractivity contribution in [3.05, 3.63) is 57.1 Å². The van der Waals surface area contributed by atoms with Gasteiger partial charge in [0.25, 0.3) is 0 Å². The van der Waals surface area contributed by atoms with E-state index in [0.717, 1.165) is 0 Å². The van der Waals surface area contributed by atoms with E-state index < -0.39 is 0 Å². The lowest BCUT2D eigenvalue weighted by atomic mass is 10.1. The molecule has 2 aromatic heterocycles. The number of hydrogen-bond donors (Lipinski definition) is 0. The number of fused-ring (bicyclic) bond motifs is 1. The van der Waals surface area contributed by atoms with E-state index in [9.17, 15) is 0 Å². The standard InChI is InChI=1S/C15H12S2/c1-11-6-8-13(17-11)9-7-12-10-16-15-5-3-2-4-14(12)15/h2-10H,1H3. The molecule has 0 nitrogen and oxygen atoms in total. The van der Waals surface area contributed by atoms with Crippen LogP contribution in [-0.4, -0.2) is 0 Å². The molecule has 17 heavy (non-hydrogen) atoms. The first-order valence-corrected chi connectivity index (χ1v) is 7.23. The Morgan fingerprint density at radius 1 is 1.00 bits per heavy atom. The predicted molar refractivity (Wildman–Crippen MR) is 79.8 cm³/mol. The fourth-order valence-corrected chi connectivity index (χ4v) is 3.55. The summed E-state index contributed by atoms with van der Waals surface area (Å²) in [5.74, 6) is 0. The summed E-state index contributed by atoms with van der Waals surface area (Å²) in [5, 5.41) is 3.57. The van der Waals surface area contributed by atoms with Gasteiger partial charge in [0.05, 0.1) is 0 Å². The maximum Gasteiger partial charge on any atom is 0.0348 e. The maximum atomic E-state index is 2.22. The van der Waals surface area contributed by atoms with E-state index in [1.807, 2.05) is 11.3 Å². The summed E-state index contributed by atoms with van der Waals surface area (Å²) in [7, 11) is 0. The third kappa shape index (κ3) is 2.19. The van der Waals surface area contributed by atoms with E-state index in [-0.39, 0.29) is 0 Å². The van der Waals surface area contributed by atoms with E-state index in [1.54, 1.807) is 11.3 Å². The second kappa shape index (κ2) is 4.47. The molecular weight excluding hydrogens is 244 g/mol. The second-order valence-corrected chi connectivity index (χ2v) is 6.20. The van der Waals surface area contributed by atoms with Gasteiger partial charge < -0.3 is 0 Å². The molecule has 0 atom stereocenters. The van der Waals surface area contributed by atoms with E-state index in [0.29, 0.717) is 0 Å². The first-order valence-electron chi connectivity index (χ1n) is 5.54. The highest BCUT2D eigenvalue weighted by Crippen LogP contribution is 2.27. The van der Waals surface area contributed by atoms with Crippen LogP contribution in [0.4, 0.5) is 0 Å². The second-order valence-electron chi connectivity index (χ2n) is 3.97. The van der Waals surface area contributed by atoms with Crippen molar-refractivity contribution in [2.24, 2.45) is 0 Å². The van der Waals surface area contributed by atoms with Crippen LogP contribution in [0.2, 0.25) is 0 Å². The molecule has 0 unspecified atom stereocenters. The lowest BCUT2D eigenvalue weighted by Gasteiger charge is -1.90. The molecule has 0 saturated heterocycles. The summed E-state index contributed by atoms with van der Waals surface area (Å²) in [6.45, 7) is 2.14. The Bertz CT molecular complexity index is 671. The summed E-state index contributed by atoms with van der Waals surface area (Å²) in [5.41, 5.74) is 1.32. The molecule has 0 aliphatic rings. The van der Waals surface area contributed by atoms with Crippen molar-refractivity contribution in [2.45, 2.75) is 6.92 Å². The lowest BCUT2D eigenvalue weighted by molar-refractivity contribution is 1.64. The largest absolute Gasteiger partial charge is 0.143 e. The van der Waals surface area contributed by atoms with Crippen LogP contribution in [0.25, 0.3) is 22.2 Å². The molecule has 2 heterocycles. The highest BCUT2D eigenvalue weighted by Gasteiger charge is 1.99. The summed E-state index contributed by atoms with van der Waals surface area (Å²) < 4.78 is 1.36. The van der Waals surface area contributed by atoms with Gasteiger partial charge in [-0.25, -0.2) is 0 Å². The van der Waals surface area contributed by atoms with Gasteiger partial charge in [-0.05, 0) is 47.5 Å². The van der Waals surface area contributed by atoms with E-state index in [4.69, 9.17) is 0 Å². The van der Waals surface area contributed by atoms with Gasteiger partial charge in [0.15, 0.2) is 0 Å². The van der Waals surface area contributed by atoms with Gasteiger partial charge in [-0.2, -0.15) is 0 Å². The minimum absolute atomic E-state index is 1.32. The molecular formula is C15H12S2. The molecule has 2 heteroatoms. The summed E-state index contributed by atoms with van der Waals surface area (Å²) in [6.07, 6.45) is 4.41. The molecule has 0 aliphatic heterocycles. The Kier molecular flexibility index (Phi) is 2.83. The normalized spacial score (nSPS) is 11.6. The van der Waals surface area contributed by atoms with E-state index in [2.05, 4.69) is 60.9 Å². The topological polar surface area (TPSA) is 0 Å². The van der Waals surface area contributed by atoms with Gasteiger partial charge in [-0.3, -0.25) is 0 Å². The SMILES string of the molecule is Cc1ccc(C=Cc2csc3ccccc23)s1. The zero-order valence-corrected chi connectivity index (χ0v) is 11.1. The van der Waals surface area contributed by atoms with Crippen molar-refractivity contribution in [3.63, 3.8) is 0 Å². The van der Waals surface area contributed by atoms with Gasteiger partial charge in [0, 0.05) is 14.5 Å². The molecule has 1 aromatic carbocycles. The van der Waals surface area contributed by atoms with Crippen LogP contribution in [0, 0.1) is 6.92 Å². The predicted octanol–water partition coefficient (Wildman–Crippen LogP) is 5.44. The van der Waals surface area contributed by atoms with Crippen molar-refractivity contribution in [1.82, 2.24) is 0 Å². The third-order valence-corrected chi connectivity index (χ3v) is 4.65. The van der Waals surface area contributed by atoms with Crippen molar-refractivity contribution >= 4 is 44.9 Å². The number of rotatable bonds is 2. The van der Waals surface area contributed by atoms with Crippen LogP contribution in [0.15, 0.2) is 41.8 Å². The van der Waals surface area contributed by atoms with Crippen LogP contribution in [0.3, 0.4) is 0 Å². The van der Waals surface area contributed by atoms with Gasteiger partial charge in [0.1, 0.15) is 0 Å². The smallest absolute Gasteiger partial charge is 0.0348 e. The average Bonchev–Trinajstić information content (AvgIpc) is 2.93. The highest BCUT2D eigenvalue weighted by atomic mass is 32.1. The van der Waals surface area contributed by atoms with Crippen molar-refractivity contribution in [3.8, 4) is 0 Å². The van der Waals surface area contributed by atoms with Gasteiger partial charge in [-0.15, -0.1) is 22.7 Å². The number of hydrogen-bond acceptors (Lipinski definition) is 2. The van der Waals surface area contributed by atoms with Crippen molar-refractivity contribution in [1.29, 1.82) is 0 Å². The molecule has 84 valence electrons. The Morgan fingerprint density at radius 2 is 1.88 bits per heavy atom. The van der Waals surface area contributed by atoms with E-state index >= 15 is 0 Å². The molecule has 0 aliphatic carbocycles. The van der Waals surface area contributed by atoms with Crippen molar-refractivity contribution < 1.29 is 0 Å². The molecule has 0 bridgehead atoms. The summed E-state index contributed by atoms with van der Waals surface area (Å²) >= 11 is 3.64. The van der Waals surface area contributed by atoms with Crippen LogP contribution in [0.5, 0.6) is 0 Å². The first kappa shape index (κ1) is 10.8. The monoisotopic (exact) mass is 256 g/mol. The lowest BCUT2D eigenvalue weighted by Crippen LogP contribution is -1.66. The zero-order valence-electron chi connectivity index (χ0n) is 9.51. The van der Waals surface area contributed by atoms with Crippen molar-refractivity contribution in [2.75, 3.05) is 0 Å². The van der Waals surface area contributed by atoms with Crippen LogP contribution in [0.1, 0.15) is 15.3 Å². The van der Waals surface area contributed by atoms with Gasteiger partial charge in [-0.1, -0.05) is 24.3 Å². The molecule has 0 radical (unpaired) electrons. The minimum Gasteiger partial charge on any atom is -0.143 e. The summed E-state index contributed by atoms with van der Waals surface area (Å²) in [4.78, 5) is 2.68. The molecule has 0 amide bonds. The van der Waals surface area contributed by atoms with Crippen LogP contribution < -0.4 is 0 Å². The van der Waals surface area contributed by atoms with Crippen LogP contribution >= 0.6 is 22.7 Å².